The van der Waals surface area contributed by atoms with E-state index in [1.807, 2.05) is 43.3 Å². The molecule has 3 N–H and O–H groups in total. The minimum Gasteiger partial charge on any atom is -0.382 e. The first-order chi connectivity index (χ1) is 9.65. The van der Waals surface area contributed by atoms with Crippen molar-refractivity contribution in [2.45, 2.75) is 6.92 Å². The van der Waals surface area contributed by atoms with Crippen molar-refractivity contribution in [1.29, 1.82) is 0 Å². The van der Waals surface area contributed by atoms with Gasteiger partial charge in [0, 0.05) is 5.56 Å². The maximum atomic E-state index is 13.6. The third-order valence-electron chi connectivity index (χ3n) is 3.19. The summed E-state index contributed by atoms with van der Waals surface area (Å²) in [5.74, 6) is 0.139. The van der Waals surface area contributed by atoms with E-state index >= 15 is 0 Å². The monoisotopic (exact) mass is 267 g/mol. The quantitative estimate of drug-likeness (QED) is 0.742. The van der Waals surface area contributed by atoms with Gasteiger partial charge in [0.05, 0.1) is 11.3 Å². The fourth-order valence-corrected chi connectivity index (χ4v) is 2.34. The Labute approximate surface area is 116 Å². The van der Waals surface area contributed by atoms with Gasteiger partial charge in [0.1, 0.15) is 5.82 Å². The number of nitrogens with one attached hydrogen (secondary N) is 1. The van der Waals surface area contributed by atoms with Gasteiger partial charge in [0.25, 0.3) is 0 Å². The van der Waals surface area contributed by atoms with Crippen molar-refractivity contribution in [2.24, 2.45) is 0 Å². The van der Waals surface area contributed by atoms with Crippen molar-refractivity contribution in [3.8, 4) is 22.4 Å². The predicted molar refractivity (Wildman–Crippen MR) is 78.6 cm³/mol. The Hall–Kier alpha value is -2.62. The number of nitrogens with zero attached hydrogens (tertiary/aromatic N) is 1. The largest absolute Gasteiger partial charge is 0.382 e. The molecule has 0 saturated heterocycles. The van der Waals surface area contributed by atoms with Gasteiger partial charge in [-0.15, -0.1) is 0 Å². The maximum Gasteiger partial charge on any atom is 0.153 e. The molecule has 1 aromatic heterocycles. The second kappa shape index (κ2) is 4.81. The zero-order valence-electron chi connectivity index (χ0n) is 11.0. The van der Waals surface area contributed by atoms with Crippen LogP contribution in [0.2, 0.25) is 0 Å². The first kappa shape index (κ1) is 12.4. The molecular weight excluding hydrogens is 253 g/mol. The number of aromatic nitrogens is 2. The molecule has 0 saturated carbocycles. The third kappa shape index (κ3) is 2.16. The number of rotatable bonds is 2. The standard InChI is InChI=1S/C16H14FN3/c1-10-7-12(9-13(17)8-10)15-14(16(18)20-19-15)11-5-3-2-4-6-11/h2-9H,1H3,(H3,18,19,20). The van der Waals surface area contributed by atoms with Gasteiger partial charge in [0.2, 0.25) is 0 Å². The van der Waals surface area contributed by atoms with Crippen LogP contribution in [0.5, 0.6) is 0 Å². The van der Waals surface area contributed by atoms with E-state index in [0.29, 0.717) is 5.82 Å². The predicted octanol–water partition coefficient (Wildman–Crippen LogP) is 3.77. The minimum absolute atomic E-state index is 0.271. The Bertz CT molecular complexity index is 727. The van der Waals surface area contributed by atoms with Gasteiger partial charge < -0.3 is 5.73 Å². The van der Waals surface area contributed by atoms with E-state index in [0.717, 1.165) is 27.9 Å². The summed E-state index contributed by atoms with van der Waals surface area (Å²) in [6.45, 7) is 1.86. The molecule has 0 bridgehead atoms. The van der Waals surface area contributed by atoms with Crippen molar-refractivity contribution in [2.75, 3.05) is 5.73 Å². The normalized spacial score (nSPS) is 10.7. The average Bonchev–Trinajstić information content (AvgIpc) is 2.80. The Balaban J connectivity index is 2.21. The van der Waals surface area contributed by atoms with Gasteiger partial charge >= 0.3 is 0 Å². The van der Waals surface area contributed by atoms with Crippen LogP contribution >= 0.6 is 0 Å². The molecule has 0 fully saturated rings. The average molecular weight is 267 g/mol. The van der Waals surface area contributed by atoms with E-state index in [9.17, 15) is 4.39 Å². The van der Waals surface area contributed by atoms with Crippen LogP contribution < -0.4 is 5.73 Å². The summed E-state index contributed by atoms with van der Waals surface area (Å²) in [5, 5.41) is 6.96. The van der Waals surface area contributed by atoms with Crippen LogP contribution in [0.15, 0.2) is 48.5 Å². The molecule has 0 atom stereocenters. The van der Waals surface area contributed by atoms with Crippen molar-refractivity contribution in [3.05, 3.63) is 59.9 Å². The molecule has 0 aliphatic rings. The fraction of sp³-hybridized carbons (Fsp3) is 0.0625. The molecule has 0 unspecified atom stereocenters. The van der Waals surface area contributed by atoms with Gasteiger partial charge in [0.15, 0.2) is 5.82 Å². The van der Waals surface area contributed by atoms with E-state index in [1.165, 1.54) is 12.1 Å². The van der Waals surface area contributed by atoms with E-state index in [4.69, 9.17) is 5.73 Å². The summed E-state index contributed by atoms with van der Waals surface area (Å²) in [4.78, 5) is 0. The lowest BCUT2D eigenvalue weighted by molar-refractivity contribution is 0.627. The number of hydrogen-bond donors (Lipinski definition) is 2. The number of halogens is 1. The number of nitrogens with two attached hydrogens (primary N) is 1. The van der Waals surface area contributed by atoms with E-state index in [1.54, 1.807) is 0 Å². The van der Waals surface area contributed by atoms with E-state index in [-0.39, 0.29) is 5.82 Å². The molecule has 0 spiro atoms. The number of H-pyrrole nitrogens is 1. The summed E-state index contributed by atoms with van der Waals surface area (Å²) >= 11 is 0. The molecule has 3 nitrogen and oxygen atoms in total. The van der Waals surface area contributed by atoms with Crippen LogP contribution in [0.25, 0.3) is 22.4 Å². The lowest BCUT2D eigenvalue weighted by atomic mass is 10.00. The number of nitrogen functional groups attached to an aromatic ring is 1. The second-order valence-corrected chi connectivity index (χ2v) is 4.74. The summed E-state index contributed by atoms with van der Waals surface area (Å²) in [6, 6.07) is 14.6. The molecule has 0 aliphatic carbocycles. The molecule has 1 heterocycles. The van der Waals surface area contributed by atoms with Crippen molar-refractivity contribution >= 4 is 5.82 Å². The minimum atomic E-state index is -0.271. The van der Waals surface area contributed by atoms with Crippen LogP contribution in [0.1, 0.15) is 5.56 Å². The maximum absolute atomic E-state index is 13.6. The van der Waals surface area contributed by atoms with Crippen molar-refractivity contribution in [3.63, 3.8) is 0 Å². The fourth-order valence-electron chi connectivity index (χ4n) is 2.34. The van der Waals surface area contributed by atoms with Crippen LogP contribution in [0.4, 0.5) is 10.2 Å². The highest BCUT2D eigenvalue weighted by Crippen LogP contribution is 2.34. The molecule has 0 amide bonds. The van der Waals surface area contributed by atoms with Gasteiger partial charge in [-0.3, -0.25) is 5.10 Å². The number of aromatic amines is 1. The summed E-state index contributed by atoms with van der Waals surface area (Å²) < 4.78 is 13.6. The van der Waals surface area contributed by atoms with Gasteiger partial charge in [-0.05, 0) is 36.2 Å². The summed E-state index contributed by atoms with van der Waals surface area (Å²) in [5.41, 5.74) is 10.0. The smallest absolute Gasteiger partial charge is 0.153 e. The number of aryl methyl sites for hydroxylation is 1. The van der Waals surface area contributed by atoms with Gasteiger partial charge in [-0.25, -0.2) is 4.39 Å². The highest BCUT2D eigenvalue weighted by molar-refractivity contribution is 5.87. The Kier molecular flexibility index (Phi) is 2.99. The Morgan fingerprint density at radius 1 is 1.05 bits per heavy atom. The first-order valence-corrected chi connectivity index (χ1v) is 6.32. The van der Waals surface area contributed by atoms with Gasteiger partial charge in [-0.2, -0.15) is 5.10 Å². The molecule has 20 heavy (non-hydrogen) atoms. The van der Waals surface area contributed by atoms with Crippen molar-refractivity contribution in [1.82, 2.24) is 10.2 Å². The van der Waals surface area contributed by atoms with Crippen LogP contribution in [-0.4, -0.2) is 10.2 Å². The molecular formula is C16H14FN3. The second-order valence-electron chi connectivity index (χ2n) is 4.74. The van der Waals surface area contributed by atoms with Crippen molar-refractivity contribution < 1.29 is 4.39 Å². The van der Waals surface area contributed by atoms with E-state index < -0.39 is 0 Å². The summed E-state index contributed by atoms with van der Waals surface area (Å²) in [7, 11) is 0. The first-order valence-electron chi connectivity index (χ1n) is 6.32. The SMILES string of the molecule is Cc1cc(F)cc(-c2[nH]nc(N)c2-c2ccccc2)c1. The lowest BCUT2D eigenvalue weighted by Gasteiger charge is -2.06. The Morgan fingerprint density at radius 3 is 2.50 bits per heavy atom. The Morgan fingerprint density at radius 2 is 1.80 bits per heavy atom. The van der Waals surface area contributed by atoms with Crippen LogP contribution in [0, 0.1) is 12.7 Å². The lowest BCUT2D eigenvalue weighted by Crippen LogP contribution is -1.89. The topological polar surface area (TPSA) is 54.7 Å². The third-order valence-corrected chi connectivity index (χ3v) is 3.19. The molecule has 100 valence electrons. The number of benzene rings is 2. The molecule has 3 rings (SSSR count). The zero-order valence-corrected chi connectivity index (χ0v) is 11.0. The van der Waals surface area contributed by atoms with Gasteiger partial charge in [-0.1, -0.05) is 30.3 Å². The highest BCUT2D eigenvalue weighted by Gasteiger charge is 2.15. The van der Waals surface area contributed by atoms with Crippen LogP contribution in [0.3, 0.4) is 0 Å². The molecule has 4 heteroatoms. The van der Waals surface area contributed by atoms with E-state index in [2.05, 4.69) is 10.2 Å². The molecule has 0 aliphatic heterocycles. The summed E-state index contributed by atoms with van der Waals surface area (Å²) in [6.07, 6.45) is 0. The number of hydrogen-bond acceptors (Lipinski definition) is 2. The molecule has 3 aromatic rings. The molecule has 0 radical (unpaired) electrons. The van der Waals surface area contributed by atoms with Crippen LogP contribution in [-0.2, 0) is 0 Å². The molecule has 2 aromatic carbocycles. The highest BCUT2D eigenvalue weighted by atomic mass is 19.1. The zero-order chi connectivity index (χ0) is 14.1. The number of anilines is 1.